The standard InChI is InChI=1S/C32H56.C2H6.C2H4/c1-21-20-26-15-16-28(24(4)22(2)23(3)25(5)30(6,7)8)31(9,10)19-17-29(26)32(11)18-13-12-14-27(21)32;2*1-2/h22-24,26-29H,1,5,12-20H2,2-4,6-11H3;1-2H3;1-2H2. The van der Waals surface area contributed by atoms with Crippen LogP contribution in [0.4, 0.5) is 0 Å². The fraction of sp³-hybridized carbons (Fsp3) is 0.833. The van der Waals surface area contributed by atoms with E-state index >= 15 is 0 Å². The summed E-state index contributed by atoms with van der Waals surface area (Å²) < 4.78 is 0. The van der Waals surface area contributed by atoms with Crippen LogP contribution >= 0.6 is 0 Å². The van der Waals surface area contributed by atoms with Gasteiger partial charge in [-0.3, -0.25) is 0 Å². The van der Waals surface area contributed by atoms with Crippen molar-refractivity contribution in [2.45, 2.75) is 134 Å². The normalized spacial score (nSPS) is 34.5. The molecule has 0 spiro atoms. The fourth-order valence-corrected chi connectivity index (χ4v) is 8.79. The van der Waals surface area contributed by atoms with E-state index in [1.165, 1.54) is 63.4 Å². The predicted molar refractivity (Wildman–Crippen MR) is 165 cm³/mol. The SMILES string of the molecule is C=C.C=C1CC2CCC(C(C)C(C)C(C)C(=C)C(C)(C)C)C(C)(C)CCC2C2(C)CCCCC12.CC. The third kappa shape index (κ3) is 6.99. The van der Waals surface area contributed by atoms with E-state index in [2.05, 4.69) is 88.6 Å². The first-order chi connectivity index (χ1) is 16.7. The summed E-state index contributed by atoms with van der Waals surface area (Å²) in [7, 11) is 0. The highest BCUT2D eigenvalue weighted by molar-refractivity contribution is 5.16. The van der Waals surface area contributed by atoms with Crippen LogP contribution in [0.5, 0.6) is 0 Å². The molecule has 3 fully saturated rings. The second kappa shape index (κ2) is 13.3. The van der Waals surface area contributed by atoms with Gasteiger partial charge in [-0.15, -0.1) is 13.2 Å². The summed E-state index contributed by atoms with van der Waals surface area (Å²) in [6, 6.07) is 0. The van der Waals surface area contributed by atoms with E-state index in [4.69, 9.17) is 0 Å². The number of allylic oxidation sites excluding steroid dienone is 2. The van der Waals surface area contributed by atoms with Crippen LogP contribution in [0, 0.1) is 57.7 Å². The van der Waals surface area contributed by atoms with Gasteiger partial charge in [-0.1, -0.05) is 113 Å². The van der Waals surface area contributed by atoms with Crippen LogP contribution in [0.2, 0.25) is 0 Å². The molecule has 0 aromatic heterocycles. The van der Waals surface area contributed by atoms with Crippen molar-refractivity contribution in [2.75, 3.05) is 0 Å². The Morgan fingerprint density at radius 3 is 2.03 bits per heavy atom. The molecule has 0 heterocycles. The summed E-state index contributed by atoms with van der Waals surface area (Å²) in [6.45, 7) is 41.6. The van der Waals surface area contributed by atoms with Gasteiger partial charge in [0.25, 0.3) is 0 Å². The maximum Gasteiger partial charge on any atom is -0.0149 e. The molecular weight excluding hydrogens is 432 g/mol. The summed E-state index contributed by atoms with van der Waals surface area (Å²) in [5, 5.41) is 0. The van der Waals surface area contributed by atoms with Crippen LogP contribution in [0.1, 0.15) is 134 Å². The average Bonchev–Trinajstić information content (AvgIpc) is 2.82. The van der Waals surface area contributed by atoms with Crippen molar-refractivity contribution < 1.29 is 0 Å². The van der Waals surface area contributed by atoms with Crippen LogP contribution < -0.4 is 0 Å². The van der Waals surface area contributed by atoms with Gasteiger partial charge in [0.2, 0.25) is 0 Å². The monoisotopic (exact) mass is 499 g/mol. The molecule has 0 nitrogen and oxygen atoms in total. The quantitative estimate of drug-likeness (QED) is 0.338. The molecule has 3 aliphatic rings. The maximum absolute atomic E-state index is 4.66. The van der Waals surface area contributed by atoms with Gasteiger partial charge in [0.1, 0.15) is 0 Å². The summed E-state index contributed by atoms with van der Waals surface area (Å²) in [5.41, 5.74) is 4.20. The highest BCUT2D eigenvalue weighted by Gasteiger charge is 2.52. The molecule has 3 aliphatic carbocycles. The molecule has 0 bridgehead atoms. The largest absolute Gasteiger partial charge is 0.106 e. The highest BCUT2D eigenvalue weighted by atomic mass is 14.6. The van der Waals surface area contributed by atoms with Crippen molar-refractivity contribution in [1.82, 2.24) is 0 Å². The van der Waals surface area contributed by atoms with Crippen LogP contribution in [0.3, 0.4) is 0 Å². The maximum atomic E-state index is 4.66. The number of hydrogen-bond acceptors (Lipinski definition) is 0. The van der Waals surface area contributed by atoms with E-state index in [-0.39, 0.29) is 5.41 Å². The third-order valence-corrected chi connectivity index (χ3v) is 11.4. The molecule has 0 radical (unpaired) electrons. The smallest absolute Gasteiger partial charge is 0.0149 e. The zero-order valence-electron chi connectivity index (χ0n) is 26.7. The van der Waals surface area contributed by atoms with Crippen LogP contribution in [0.15, 0.2) is 37.5 Å². The molecule has 3 rings (SSSR count). The minimum atomic E-state index is 0.200. The lowest BCUT2D eigenvalue weighted by molar-refractivity contribution is -0.0411. The Bertz CT molecular complexity index is 702. The summed E-state index contributed by atoms with van der Waals surface area (Å²) in [4.78, 5) is 0. The van der Waals surface area contributed by atoms with Crippen molar-refractivity contribution in [3.63, 3.8) is 0 Å². The van der Waals surface area contributed by atoms with E-state index in [1.807, 2.05) is 13.8 Å². The van der Waals surface area contributed by atoms with Crippen molar-refractivity contribution in [1.29, 1.82) is 0 Å². The fourth-order valence-electron chi connectivity index (χ4n) is 8.79. The van der Waals surface area contributed by atoms with E-state index in [0.717, 1.165) is 29.6 Å². The van der Waals surface area contributed by atoms with Gasteiger partial charge in [-0.2, -0.15) is 0 Å². The van der Waals surface area contributed by atoms with E-state index in [9.17, 15) is 0 Å². The average molecular weight is 499 g/mol. The lowest BCUT2D eigenvalue weighted by Gasteiger charge is -2.57. The molecular formula is C36H66. The zero-order chi connectivity index (χ0) is 28.1. The third-order valence-electron chi connectivity index (χ3n) is 11.4. The van der Waals surface area contributed by atoms with Gasteiger partial charge < -0.3 is 0 Å². The highest BCUT2D eigenvalue weighted by Crippen LogP contribution is 2.61. The van der Waals surface area contributed by atoms with Gasteiger partial charge in [0.15, 0.2) is 0 Å². The topological polar surface area (TPSA) is 0 Å². The molecule has 8 atom stereocenters. The number of rotatable bonds is 4. The Morgan fingerprint density at radius 2 is 1.47 bits per heavy atom. The molecule has 0 N–H and O–H groups in total. The van der Waals surface area contributed by atoms with Crippen molar-refractivity contribution >= 4 is 0 Å². The van der Waals surface area contributed by atoms with Crippen LogP contribution in [0.25, 0.3) is 0 Å². The predicted octanol–water partition coefficient (Wildman–Crippen LogP) is 11.9. The van der Waals surface area contributed by atoms with Crippen molar-refractivity contribution in [3.05, 3.63) is 37.5 Å². The molecule has 8 unspecified atom stereocenters. The second-order valence-corrected chi connectivity index (χ2v) is 14.5. The van der Waals surface area contributed by atoms with E-state index in [0.29, 0.717) is 22.7 Å². The molecule has 3 saturated carbocycles. The zero-order valence-corrected chi connectivity index (χ0v) is 26.7. The lowest BCUT2D eigenvalue weighted by Crippen LogP contribution is -2.48. The lowest BCUT2D eigenvalue weighted by atomic mass is 9.48. The first-order valence-electron chi connectivity index (χ1n) is 15.6. The van der Waals surface area contributed by atoms with Gasteiger partial charge >= 0.3 is 0 Å². The Kier molecular flexibility index (Phi) is 12.3. The van der Waals surface area contributed by atoms with E-state index in [1.54, 1.807) is 5.57 Å². The van der Waals surface area contributed by atoms with Crippen molar-refractivity contribution in [2.24, 2.45) is 57.7 Å². The number of hydrogen-bond donors (Lipinski definition) is 0. The molecule has 36 heavy (non-hydrogen) atoms. The van der Waals surface area contributed by atoms with Crippen LogP contribution in [-0.2, 0) is 0 Å². The molecule has 0 heteroatoms. The Balaban J connectivity index is 0.00000154. The first kappa shape index (κ1) is 33.2. The molecule has 210 valence electrons. The minimum Gasteiger partial charge on any atom is -0.106 e. The van der Waals surface area contributed by atoms with Crippen molar-refractivity contribution in [3.8, 4) is 0 Å². The minimum absolute atomic E-state index is 0.200. The van der Waals surface area contributed by atoms with Gasteiger partial charge in [0, 0.05) is 0 Å². The Hall–Kier alpha value is -0.780. The molecule has 0 aromatic carbocycles. The summed E-state index contributed by atoms with van der Waals surface area (Å²) in [5.74, 6) is 5.41. The molecule has 0 amide bonds. The molecule has 0 aromatic rings. The summed E-state index contributed by atoms with van der Waals surface area (Å²) >= 11 is 0. The molecule has 0 aliphatic heterocycles. The number of fused-ring (bicyclic) bond motifs is 3. The van der Waals surface area contributed by atoms with Gasteiger partial charge in [0.05, 0.1) is 0 Å². The summed E-state index contributed by atoms with van der Waals surface area (Å²) in [6.07, 6.45) is 12.7. The van der Waals surface area contributed by atoms with Gasteiger partial charge in [-0.25, -0.2) is 0 Å². The Morgan fingerprint density at radius 1 is 0.889 bits per heavy atom. The first-order valence-corrected chi connectivity index (χ1v) is 15.6. The van der Waals surface area contributed by atoms with E-state index < -0.39 is 0 Å². The van der Waals surface area contributed by atoms with Crippen LogP contribution in [-0.4, -0.2) is 0 Å². The second-order valence-electron chi connectivity index (χ2n) is 14.5. The van der Waals surface area contributed by atoms with Gasteiger partial charge in [-0.05, 0) is 103 Å². The Labute approximate surface area is 228 Å². The molecule has 0 saturated heterocycles.